The lowest BCUT2D eigenvalue weighted by atomic mass is 9.90. The second kappa shape index (κ2) is 3.76. The summed E-state index contributed by atoms with van der Waals surface area (Å²) < 4.78 is 0.957. The molecular formula is C8H15NS2. The SMILES string of the molecule is CC1(SC(N)=S)CCCCC1. The predicted octanol–water partition coefficient (Wildman–Crippen LogP) is 2.69. The van der Waals surface area contributed by atoms with Crippen LogP contribution in [-0.4, -0.2) is 9.07 Å². The standard InChI is InChI=1S/C8H15NS2/c1-8(11-7(9)10)5-3-2-4-6-8/h2-6H2,1H3,(H2,9,10). The molecule has 0 aromatic heterocycles. The van der Waals surface area contributed by atoms with Crippen LogP contribution in [0.5, 0.6) is 0 Å². The van der Waals surface area contributed by atoms with Crippen LogP contribution >= 0.6 is 24.0 Å². The Bertz CT molecular complexity index is 150. The lowest BCUT2D eigenvalue weighted by Gasteiger charge is -2.32. The number of rotatable bonds is 1. The summed E-state index contributed by atoms with van der Waals surface area (Å²) in [6.45, 7) is 2.27. The first-order valence-corrected chi connectivity index (χ1v) is 5.33. The van der Waals surface area contributed by atoms with Gasteiger partial charge in [-0.05, 0) is 19.8 Å². The fourth-order valence-corrected chi connectivity index (χ4v) is 3.23. The molecule has 1 aliphatic rings. The van der Waals surface area contributed by atoms with Gasteiger partial charge in [-0.3, -0.25) is 0 Å². The first-order chi connectivity index (χ1) is 5.12. The van der Waals surface area contributed by atoms with Crippen molar-refractivity contribution in [3.63, 3.8) is 0 Å². The monoisotopic (exact) mass is 189 g/mol. The Morgan fingerprint density at radius 1 is 1.36 bits per heavy atom. The van der Waals surface area contributed by atoms with Crippen molar-refractivity contribution in [1.82, 2.24) is 0 Å². The number of hydrogen-bond acceptors (Lipinski definition) is 2. The van der Waals surface area contributed by atoms with Gasteiger partial charge in [-0.25, -0.2) is 0 Å². The highest BCUT2D eigenvalue weighted by Crippen LogP contribution is 2.39. The molecule has 11 heavy (non-hydrogen) atoms. The first-order valence-electron chi connectivity index (χ1n) is 4.11. The summed E-state index contributed by atoms with van der Waals surface area (Å²) in [7, 11) is 0. The first kappa shape index (κ1) is 9.33. The van der Waals surface area contributed by atoms with E-state index in [2.05, 4.69) is 6.92 Å². The van der Waals surface area contributed by atoms with E-state index >= 15 is 0 Å². The zero-order valence-corrected chi connectivity index (χ0v) is 8.56. The van der Waals surface area contributed by atoms with Crippen molar-refractivity contribution < 1.29 is 0 Å². The molecule has 64 valence electrons. The van der Waals surface area contributed by atoms with Gasteiger partial charge in [0, 0.05) is 4.75 Å². The lowest BCUT2D eigenvalue weighted by molar-refractivity contribution is 0.423. The molecule has 0 unspecified atom stereocenters. The van der Waals surface area contributed by atoms with Crippen molar-refractivity contribution in [2.24, 2.45) is 5.73 Å². The van der Waals surface area contributed by atoms with Gasteiger partial charge in [-0.1, -0.05) is 43.2 Å². The van der Waals surface area contributed by atoms with Crippen LogP contribution in [0.1, 0.15) is 39.0 Å². The minimum absolute atomic E-state index is 0.351. The van der Waals surface area contributed by atoms with E-state index < -0.39 is 0 Å². The largest absolute Gasteiger partial charge is 0.385 e. The van der Waals surface area contributed by atoms with Gasteiger partial charge in [-0.15, -0.1) is 0 Å². The van der Waals surface area contributed by atoms with Crippen molar-refractivity contribution in [1.29, 1.82) is 0 Å². The van der Waals surface area contributed by atoms with Gasteiger partial charge in [0.15, 0.2) is 0 Å². The molecule has 1 fully saturated rings. The molecular weight excluding hydrogens is 174 g/mol. The molecule has 1 rings (SSSR count). The van der Waals surface area contributed by atoms with Gasteiger partial charge in [0.05, 0.1) is 0 Å². The minimum Gasteiger partial charge on any atom is -0.385 e. The van der Waals surface area contributed by atoms with Crippen LogP contribution in [0.2, 0.25) is 0 Å². The van der Waals surface area contributed by atoms with Crippen molar-refractivity contribution in [3.8, 4) is 0 Å². The van der Waals surface area contributed by atoms with Crippen molar-refractivity contribution in [3.05, 3.63) is 0 Å². The molecule has 0 aromatic rings. The van der Waals surface area contributed by atoms with Crippen molar-refractivity contribution >= 4 is 28.3 Å². The summed E-state index contributed by atoms with van der Waals surface area (Å²) >= 11 is 6.58. The quantitative estimate of drug-likeness (QED) is 0.642. The van der Waals surface area contributed by atoms with Crippen LogP contribution in [0, 0.1) is 0 Å². The molecule has 1 aliphatic carbocycles. The van der Waals surface area contributed by atoms with Crippen LogP contribution in [-0.2, 0) is 0 Å². The Hall–Kier alpha value is 0.240. The molecule has 1 nitrogen and oxygen atoms in total. The van der Waals surface area contributed by atoms with Crippen LogP contribution in [0.3, 0.4) is 0 Å². The highest BCUT2D eigenvalue weighted by molar-refractivity contribution is 8.23. The summed E-state index contributed by atoms with van der Waals surface area (Å²) in [5.41, 5.74) is 5.50. The summed E-state index contributed by atoms with van der Waals surface area (Å²) in [6, 6.07) is 0. The Kier molecular flexibility index (Phi) is 3.19. The Morgan fingerprint density at radius 2 is 1.91 bits per heavy atom. The van der Waals surface area contributed by atoms with E-state index in [1.807, 2.05) is 0 Å². The normalized spacial score (nSPS) is 23.0. The number of nitrogens with two attached hydrogens (primary N) is 1. The van der Waals surface area contributed by atoms with E-state index in [0.717, 1.165) is 0 Å². The molecule has 0 bridgehead atoms. The molecule has 0 amide bonds. The number of thioether (sulfide) groups is 1. The predicted molar refractivity (Wildman–Crippen MR) is 55.9 cm³/mol. The van der Waals surface area contributed by atoms with E-state index in [4.69, 9.17) is 18.0 Å². The molecule has 0 aromatic carbocycles. The molecule has 3 heteroatoms. The van der Waals surface area contributed by atoms with Gasteiger partial charge >= 0.3 is 0 Å². The Labute approximate surface area is 78.1 Å². The summed E-state index contributed by atoms with van der Waals surface area (Å²) in [5.74, 6) is 0. The highest BCUT2D eigenvalue weighted by atomic mass is 32.2. The van der Waals surface area contributed by atoms with Crippen LogP contribution in [0.15, 0.2) is 0 Å². The molecule has 0 atom stereocenters. The van der Waals surface area contributed by atoms with E-state index in [1.165, 1.54) is 32.1 Å². The Morgan fingerprint density at radius 3 is 2.36 bits per heavy atom. The van der Waals surface area contributed by atoms with E-state index in [-0.39, 0.29) is 0 Å². The molecule has 0 aliphatic heterocycles. The number of hydrogen-bond donors (Lipinski definition) is 1. The fraction of sp³-hybridized carbons (Fsp3) is 0.875. The maximum atomic E-state index is 5.50. The third-order valence-electron chi connectivity index (χ3n) is 2.26. The van der Waals surface area contributed by atoms with E-state index in [1.54, 1.807) is 11.8 Å². The van der Waals surface area contributed by atoms with Crippen molar-refractivity contribution in [2.45, 2.75) is 43.8 Å². The van der Waals surface area contributed by atoms with Crippen molar-refractivity contribution in [2.75, 3.05) is 0 Å². The third kappa shape index (κ3) is 2.99. The second-order valence-corrected chi connectivity index (χ2v) is 5.76. The minimum atomic E-state index is 0.351. The maximum absolute atomic E-state index is 5.50. The average molecular weight is 189 g/mol. The van der Waals surface area contributed by atoms with E-state index in [0.29, 0.717) is 9.07 Å². The lowest BCUT2D eigenvalue weighted by Crippen LogP contribution is -2.26. The molecule has 0 radical (unpaired) electrons. The van der Waals surface area contributed by atoms with Gasteiger partial charge in [-0.2, -0.15) is 0 Å². The molecule has 1 saturated carbocycles. The third-order valence-corrected chi connectivity index (χ3v) is 3.61. The number of thiocarbonyl (C=S) groups is 1. The topological polar surface area (TPSA) is 26.0 Å². The molecule has 0 heterocycles. The molecule has 2 N–H and O–H groups in total. The fourth-order valence-electron chi connectivity index (χ4n) is 1.64. The van der Waals surface area contributed by atoms with Crippen LogP contribution in [0.25, 0.3) is 0 Å². The van der Waals surface area contributed by atoms with Gasteiger partial charge in [0.1, 0.15) is 4.32 Å². The van der Waals surface area contributed by atoms with Crippen LogP contribution < -0.4 is 5.73 Å². The summed E-state index contributed by atoms with van der Waals surface area (Å²) in [6.07, 6.45) is 6.61. The maximum Gasteiger partial charge on any atom is 0.131 e. The average Bonchev–Trinajstić information content (AvgIpc) is 1.85. The molecule has 0 saturated heterocycles. The van der Waals surface area contributed by atoms with Crippen LogP contribution in [0.4, 0.5) is 0 Å². The summed E-state index contributed by atoms with van der Waals surface area (Å²) in [5, 5.41) is 0. The highest BCUT2D eigenvalue weighted by Gasteiger charge is 2.27. The smallest absolute Gasteiger partial charge is 0.131 e. The molecule has 0 spiro atoms. The summed E-state index contributed by atoms with van der Waals surface area (Å²) in [4.78, 5) is 0. The second-order valence-electron chi connectivity index (χ2n) is 3.43. The van der Waals surface area contributed by atoms with E-state index in [9.17, 15) is 0 Å². The van der Waals surface area contributed by atoms with Gasteiger partial charge in [0.25, 0.3) is 0 Å². The van der Waals surface area contributed by atoms with Gasteiger partial charge in [0.2, 0.25) is 0 Å². The Balaban J connectivity index is 2.43. The zero-order chi connectivity index (χ0) is 8.32. The van der Waals surface area contributed by atoms with Gasteiger partial charge < -0.3 is 5.73 Å². The zero-order valence-electron chi connectivity index (χ0n) is 6.93.